The van der Waals surface area contributed by atoms with Crippen molar-refractivity contribution in [2.75, 3.05) is 26.2 Å². The molecule has 2 N–H and O–H groups in total. The van der Waals surface area contributed by atoms with Crippen LogP contribution in [-0.4, -0.2) is 48.3 Å². The lowest BCUT2D eigenvalue weighted by atomic mass is 9.69. The summed E-state index contributed by atoms with van der Waals surface area (Å²) in [5.74, 6) is 1.38. The highest BCUT2D eigenvalue weighted by Gasteiger charge is 2.38. The fourth-order valence-corrected chi connectivity index (χ4v) is 4.44. The third-order valence-corrected chi connectivity index (χ3v) is 5.83. The van der Waals surface area contributed by atoms with E-state index in [9.17, 15) is 5.11 Å². The second kappa shape index (κ2) is 7.43. The van der Waals surface area contributed by atoms with Gasteiger partial charge < -0.3 is 10.4 Å². The van der Waals surface area contributed by atoms with Crippen LogP contribution in [0.15, 0.2) is 0 Å². The zero-order valence-corrected chi connectivity index (χ0v) is 14.6. The van der Waals surface area contributed by atoms with Gasteiger partial charge in [0.25, 0.3) is 0 Å². The van der Waals surface area contributed by atoms with E-state index in [1.807, 2.05) is 0 Å². The van der Waals surface area contributed by atoms with Crippen molar-refractivity contribution >= 4 is 0 Å². The Bertz CT molecular complexity index is 318. The van der Waals surface area contributed by atoms with E-state index in [1.54, 1.807) is 0 Å². The largest absolute Gasteiger partial charge is 0.395 e. The maximum absolute atomic E-state index is 9.69. The summed E-state index contributed by atoms with van der Waals surface area (Å²) in [6.45, 7) is 13.2. The van der Waals surface area contributed by atoms with Gasteiger partial charge in [-0.05, 0) is 62.4 Å². The predicted octanol–water partition coefficient (Wildman–Crippen LogP) is 2.88. The summed E-state index contributed by atoms with van der Waals surface area (Å²) in [6.07, 6.45) is 6.42. The molecule has 2 fully saturated rings. The molecule has 3 heteroatoms. The number of aliphatic hydroxyl groups is 1. The minimum atomic E-state index is 0.324. The van der Waals surface area contributed by atoms with Crippen LogP contribution in [-0.2, 0) is 0 Å². The molecule has 4 atom stereocenters. The normalized spacial score (nSPS) is 37.0. The number of nitrogens with one attached hydrogen (secondary N) is 1. The van der Waals surface area contributed by atoms with Gasteiger partial charge in [0, 0.05) is 18.6 Å². The summed E-state index contributed by atoms with van der Waals surface area (Å²) in [6, 6.07) is 1.06. The Kier molecular flexibility index (Phi) is 6.10. The summed E-state index contributed by atoms with van der Waals surface area (Å²) < 4.78 is 0. The Morgan fingerprint density at radius 1 is 1.29 bits per heavy atom. The van der Waals surface area contributed by atoms with Gasteiger partial charge in [0.2, 0.25) is 0 Å². The summed E-state index contributed by atoms with van der Waals surface area (Å²) in [5.41, 5.74) is 0.481. The van der Waals surface area contributed by atoms with Crippen LogP contribution >= 0.6 is 0 Å². The van der Waals surface area contributed by atoms with Crippen LogP contribution in [0.2, 0.25) is 0 Å². The van der Waals surface area contributed by atoms with Crippen LogP contribution in [0.5, 0.6) is 0 Å². The first-order valence-electron chi connectivity index (χ1n) is 9.05. The van der Waals surface area contributed by atoms with Crippen molar-refractivity contribution in [2.24, 2.45) is 17.3 Å². The number of hydrogen-bond donors (Lipinski definition) is 2. The Morgan fingerprint density at radius 3 is 2.71 bits per heavy atom. The molecule has 0 spiro atoms. The molecule has 2 rings (SSSR count). The van der Waals surface area contributed by atoms with Crippen LogP contribution in [0.1, 0.15) is 59.8 Å². The molecule has 0 amide bonds. The molecule has 124 valence electrons. The molecule has 0 radical (unpaired) electrons. The molecule has 21 heavy (non-hydrogen) atoms. The van der Waals surface area contributed by atoms with Crippen molar-refractivity contribution in [1.82, 2.24) is 10.2 Å². The molecule has 1 aliphatic carbocycles. The minimum Gasteiger partial charge on any atom is -0.395 e. The standard InChI is InChI=1S/C18H36N2O/c1-5-9-19-16-6-8-18(3,4)11-15(16)12-20-10-7-14(2)17(20)13-21/h14-17,19,21H,5-13H2,1-4H3. The molecule has 0 aromatic heterocycles. The average Bonchev–Trinajstić information content (AvgIpc) is 2.77. The van der Waals surface area contributed by atoms with Crippen molar-refractivity contribution in [3.63, 3.8) is 0 Å². The SMILES string of the molecule is CCCNC1CCC(C)(C)CC1CN1CCC(C)C1CO. The minimum absolute atomic E-state index is 0.324. The van der Waals surface area contributed by atoms with Gasteiger partial charge in [0.05, 0.1) is 6.61 Å². The molecular weight excluding hydrogens is 260 g/mol. The van der Waals surface area contributed by atoms with Crippen LogP contribution in [0.4, 0.5) is 0 Å². The van der Waals surface area contributed by atoms with Gasteiger partial charge in [-0.25, -0.2) is 0 Å². The van der Waals surface area contributed by atoms with E-state index in [0.29, 0.717) is 30.0 Å². The molecule has 1 heterocycles. The molecule has 3 nitrogen and oxygen atoms in total. The number of nitrogens with zero attached hydrogens (tertiary/aromatic N) is 1. The number of rotatable bonds is 6. The molecular formula is C18H36N2O. The first-order valence-corrected chi connectivity index (χ1v) is 9.05. The van der Waals surface area contributed by atoms with Crippen molar-refractivity contribution in [1.29, 1.82) is 0 Å². The third kappa shape index (κ3) is 4.43. The number of hydrogen-bond acceptors (Lipinski definition) is 3. The molecule has 1 saturated carbocycles. The fourth-order valence-electron chi connectivity index (χ4n) is 4.44. The highest BCUT2D eigenvalue weighted by Crippen LogP contribution is 2.40. The smallest absolute Gasteiger partial charge is 0.0589 e. The van der Waals surface area contributed by atoms with Crippen molar-refractivity contribution in [3.8, 4) is 0 Å². The zero-order valence-electron chi connectivity index (χ0n) is 14.6. The van der Waals surface area contributed by atoms with Gasteiger partial charge in [0.1, 0.15) is 0 Å². The van der Waals surface area contributed by atoms with E-state index in [2.05, 4.69) is 37.9 Å². The first kappa shape index (κ1) is 17.2. The summed E-state index contributed by atoms with van der Waals surface area (Å²) in [7, 11) is 0. The lowest BCUT2D eigenvalue weighted by Crippen LogP contribution is -2.49. The van der Waals surface area contributed by atoms with Crippen molar-refractivity contribution < 1.29 is 5.11 Å². The summed E-state index contributed by atoms with van der Waals surface area (Å²) in [5, 5.41) is 13.5. The summed E-state index contributed by atoms with van der Waals surface area (Å²) in [4.78, 5) is 2.57. The Morgan fingerprint density at radius 2 is 2.05 bits per heavy atom. The van der Waals surface area contributed by atoms with Gasteiger partial charge in [-0.1, -0.05) is 27.7 Å². The molecule has 1 aliphatic heterocycles. The van der Waals surface area contributed by atoms with Crippen LogP contribution in [0.25, 0.3) is 0 Å². The topological polar surface area (TPSA) is 35.5 Å². The van der Waals surface area contributed by atoms with Crippen molar-refractivity contribution in [3.05, 3.63) is 0 Å². The lowest BCUT2D eigenvalue weighted by Gasteiger charge is -2.43. The van der Waals surface area contributed by atoms with Gasteiger partial charge in [-0.2, -0.15) is 0 Å². The van der Waals surface area contributed by atoms with Crippen LogP contribution < -0.4 is 5.32 Å². The highest BCUT2D eigenvalue weighted by molar-refractivity contribution is 4.93. The van der Waals surface area contributed by atoms with Crippen LogP contribution in [0, 0.1) is 17.3 Å². The molecule has 1 saturated heterocycles. The van der Waals surface area contributed by atoms with E-state index in [4.69, 9.17) is 0 Å². The molecule has 4 unspecified atom stereocenters. The lowest BCUT2D eigenvalue weighted by molar-refractivity contribution is 0.0732. The van der Waals surface area contributed by atoms with E-state index < -0.39 is 0 Å². The Balaban J connectivity index is 1.98. The average molecular weight is 296 g/mol. The zero-order chi connectivity index (χ0) is 15.5. The third-order valence-electron chi connectivity index (χ3n) is 5.83. The van der Waals surface area contributed by atoms with Gasteiger partial charge in [-0.15, -0.1) is 0 Å². The predicted molar refractivity (Wildman–Crippen MR) is 89.4 cm³/mol. The Hall–Kier alpha value is -0.120. The van der Waals surface area contributed by atoms with Gasteiger partial charge in [-0.3, -0.25) is 4.90 Å². The van der Waals surface area contributed by atoms with E-state index in [0.717, 1.165) is 12.5 Å². The molecule has 0 aromatic carbocycles. The monoisotopic (exact) mass is 296 g/mol. The molecule has 0 aromatic rings. The maximum Gasteiger partial charge on any atom is 0.0589 e. The Labute approximate surface area is 131 Å². The maximum atomic E-state index is 9.69. The highest BCUT2D eigenvalue weighted by atomic mass is 16.3. The second-order valence-corrected chi connectivity index (χ2v) is 8.24. The van der Waals surface area contributed by atoms with E-state index >= 15 is 0 Å². The second-order valence-electron chi connectivity index (χ2n) is 8.24. The summed E-state index contributed by atoms with van der Waals surface area (Å²) >= 11 is 0. The fraction of sp³-hybridized carbons (Fsp3) is 1.00. The van der Waals surface area contributed by atoms with Gasteiger partial charge in [0.15, 0.2) is 0 Å². The first-order chi connectivity index (χ1) is 9.96. The van der Waals surface area contributed by atoms with E-state index in [-0.39, 0.29) is 0 Å². The van der Waals surface area contributed by atoms with E-state index in [1.165, 1.54) is 45.2 Å². The quantitative estimate of drug-likeness (QED) is 0.791. The van der Waals surface area contributed by atoms with Gasteiger partial charge >= 0.3 is 0 Å². The number of aliphatic hydroxyl groups excluding tert-OH is 1. The molecule has 0 bridgehead atoms. The van der Waals surface area contributed by atoms with Crippen LogP contribution in [0.3, 0.4) is 0 Å². The number of likely N-dealkylation sites (tertiary alicyclic amines) is 1. The van der Waals surface area contributed by atoms with Crippen molar-refractivity contribution in [2.45, 2.75) is 71.9 Å². The molecule has 2 aliphatic rings.